The van der Waals surface area contributed by atoms with E-state index in [2.05, 4.69) is 4.98 Å². The molecule has 1 aromatic carbocycles. The minimum Gasteiger partial charge on any atom is -0.349 e. The van der Waals surface area contributed by atoms with Crippen molar-refractivity contribution in [3.8, 4) is 16.6 Å². The molecule has 0 saturated carbocycles. The van der Waals surface area contributed by atoms with E-state index in [4.69, 9.17) is 5.26 Å². The summed E-state index contributed by atoms with van der Waals surface area (Å²) < 4.78 is 39.1. The number of nitrogens with one attached hydrogen (secondary N) is 1. The van der Waals surface area contributed by atoms with E-state index in [9.17, 15) is 13.2 Å². The van der Waals surface area contributed by atoms with Gasteiger partial charge in [-0.2, -0.15) is 18.4 Å². The monoisotopic (exact) mass is 292 g/mol. The van der Waals surface area contributed by atoms with Gasteiger partial charge in [-0.3, -0.25) is 0 Å². The summed E-state index contributed by atoms with van der Waals surface area (Å²) in [5.74, 6) is 0. The number of benzene rings is 1. The Morgan fingerprint density at radius 2 is 1.90 bits per heavy atom. The van der Waals surface area contributed by atoms with Crippen LogP contribution in [0, 0.1) is 11.3 Å². The van der Waals surface area contributed by atoms with Crippen molar-refractivity contribution in [1.29, 1.82) is 5.26 Å². The first-order chi connectivity index (χ1) is 9.49. The molecule has 6 heteroatoms. The molecule has 0 aliphatic rings. The third-order valence-corrected chi connectivity index (χ3v) is 4.05. The summed E-state index contributed by atoms with van der Waals surface area (Å²) in [7, 11) is 0. The smallest absolute Gasteiger partial charge is 0.349 e. The number of thiophene rings is 1. The summed E-state index contributed by atoms with van der Waals surface area (Å²) >= 11 is 1.35. The number of nitriles is 1. The first-order valence-electron chi connectivity index (χ1n) is 5.68. The normalized spacial score (nSPS) is 11.7. The number of hydrogen-bond donors (Lipinski definition) is 1. The van der Waals surface area contributed by atoms with Gasteiger partial charge in [0, 0.05) is 4.70 Å². The van der Waals surface area contributed by atoms with Crippen molar-refractivity contribution in [1.82, 2.24) is 4.98 Å². The van der Waals surface area contributed by atoms with Crippen molar-refractivity contribution in [2.75, 3.05) is 0 Å². The number of alkyl halides is 3. The molecule has 0 aliphatic heterocycles. The van der Waals surface area contributed by atoms with Crippen LogP contribution >= 0.6 is 11.3 Å². The second kappa shape index (κ2) is 4.39. The summed E-state index contributed by atoms with van der Waals surface area (Å²) in [6.07, 6.45) is -4.49. The zero-order chi connectivity index (χ0) is 14.3. The van der Waals surface area contributed by atoms with Crippen LogP contribution < -0.4 is 0 Å². The van der Waals surface area contributed by atoms with Gasteiger partial charge in [-0.25, -0.2) is 0 Å². The molecule has 2 heterocycles. The maximum Gasteiger partial charge on any atom is 0.431 e. The second-order valence-electron chi connectivity index (χ2n) is 4.23. The van der Waals surface area contributed by atoms with E-state index in [1.54, 1.807) is 12.1 Å². The van der Waals surface area contributed by atoms with Crippen LogP contribution in [0.5, 0.6) is 0 Å². The van der Waals surface area contributed by atoms with Gasteiger partial charge in [-0.1, -0.05) is 18.2 Å². The molecule has 100 valence electrons. The minimum absolute atomic E-state index is 0.00359. The average Bonchev–Trinajstić information content (AvgIpc) is 3.01. The van der Waals surface area contributed by atoms with Crippen LogP contribution in [-0.4, -0.2) is 4.98 Å². The molecule has 0 aliphatic carbocycles. The molecule has 0 saturated heterocycles. The Morgan fingerprint density at radius 3 is 2.55 bits per heavy atom. The van der Waals surface area contributed by atoms with E-state index in [-0.39, 0.29) is 11.3 Å². The van der Waals surface area contributed by atoms with Gasteiger partial charge in [0.25, 0.3) is 0 Å². The lowest BCUT2D eigenvalue weighted by atomic mass is 10.2. The number of rotatable bonds is 1. The van der Waals surface area contributed by atoms with Crippen LogP contribution in [0.1, 0.15) is 11.3 Å². The molecule has 0 radical (unpaired) electrons. The molecule has 3 aromatic rings. The van der Waals surface area contributed by atoms with Gasteiger partial charge in [-0.15, -0.1) is 11.3 Å². The van der Waals surface area contributed by atoms with Crippen molar-refractivity contribution in [3.05, 3.63) is 47.7 Å². The minimum atomic E-state index is -4.49. The summed E-state index contributed by atoms with van der Waals surface area (Å²) in [6.45, 7) is 0. The van der Waals surface area contributed by atoms with E-state index < -0.39 is 11.9 Å². The average molecular weight is 292 g/mol. The number of nitrogens with zero attached hydrogens (tertiary/aromatic N) is 1. The number of hydrogen-bond acceptors (Lipinski definition) is 2. The van der Waals surface area contributed by atoms with Crippen molar-refractivity contribution < 1.29 is 13.2 Å². The predicted octanol–water partition coefficient (Wildman–Crippen LogP) is 4.79. The molecule has 0 fully saturated rings. The van der Waals surface area contributed by atoms with E-state index in [0.717, 1.165) is 16.2 Å². The van der Waals surface area contributed by atoms with Crippen molar-refractivity contribution in [2.45, 2.75) is 6.18 Å². The highest BCUT2D eigenvalue weighted by molar-refractivity contribution is 7.22. The van der Waals surface area contributed by atoms with Crippen LogP contribution in [0.25, 0.3) is 20.7 Å². The molecular weight excluding hydrogens is 285 g/mol. The highest BCUT2D eigenvalue weighted by Gasteiger charge is 2.34. The standard InChI is InChI=1S/C14H7F3N2S/c15-14(16,17)12-6-9(7-18)13(19-12)11-5-8-3-1-2-4-10(8)20-11/h1-6,19H. The molecule has 0 unspecified atom stereocenters. The maximum atomic E-state index is 12.7. The highest BCUT2D eigenvalue weighted by atomic mass is 32.1. The lowest BCUT2D eigenvalue weighted by Crippen LogP contribution is -2.04. The third kappa shape index (κ3) is 2.06. The molecule has 0 atom stereocenters. The van der Waals surface area contributed by atoms with Crippen LogP contribution in [0.3, 0.4) is 0 Å². The van der Waals surface area contributed by atoms with Gasteiger partial charge < -0.3 is 4.98 Å². The molecule has 2 nitrogen and oxygen atoms in total. The molecule has 1 N–H and O–H groups in total. The fraction of sp³-hybridized carbons (Fsp3) is 0.0714. The van der Waals surface area contributed by atoms with Crippen LogP contribution in [0.15, 0.2) is 36.4 Å². The van der Waals surface area contributed by atoms with E-state index in [1.807, 2.05) is 24.3 Å². The summed E-state index contributed by atoms with van der Waals surface area (Å²) in [6, 6.07) is 11.9. The van der Waals surface area contributed by atoms with Crippen molar-refractivity contribution >= 4 is 21.4 Å². The van der Waals surface area contributed by atoms with Crippen LogP contribution in [0.4, 0.5) is 13.2 Å². The number of fused-ring (bicyclic) bond motifs is 1. The Hall–Kier alpha value is -2.26. The fourth-order valence-corrected chi connectivity index (χ4v) is 3.07. The molecular formula is C14H7F3N2S. The fourth-order valence-electron chi connectivity index (χ4n) is 1.99. The van der Waals surface area contributed by atoms with Gasteiger partial charge in [0.05, 0.1) is 16.1 Å². The Labute approximate surface area is 116 Å². The predicted molar refractivity (Wildman–Crippen MR) is 71.3 cm³/mol. The molecule has 2 aromatic heterocycles. The zero-order valence-electron chi connectivity index (χ0n) is 9.95. The first kappa shape index (κ1) is 12.8. The molecule has 0 amide bonds. The Bertz CT molecular complexity index is 788. The Balaban J connectivity index is 2.18. The maximum absolute atomic E-state index is 12.7. The van der Waals surface area contributed by atoms with Gasteiger partial charge >= 0.3 is 6.18 Å². The largest absolute Gasteiger partial charge is 0.431 e. The second-order valence-corrected chi connectivity index (χ2v) is 5.31. The summed E-state index contributed by atoms with van der Waals surface area (Å²) in [4.78, 5) is 2.94. The Kier molecular flexibility index (Phi) is 2.80. The summed E-state index contributed by atoms with van der Waals surface area (Å²) in [5.41, 5.74) is -0.675. The lowest BCUT2D eigenvalue weighted by Gasteiger charge is -2.01. The number of halogens is 3. The van der Waals surface area contributed by atoms with Gasteiger partial charge in [-0.05, 0) is 23.6 Å². The SMILES string of the molecule is N#Cc1cc(C(F)(F)F)[nH]c1-c1cc2ccccc2s1. The molecule has 20 heavy (non-hydrogen) atoms. The van der Waals surface area contributed by atoms with Crippen molar-refractivity contribution in [3.63, 3.8) is 0 Å². The topological polar surface area (TPSA) is 39.6 Å². The third-order valence-electron chi connectivity index (χ3n) is 2.92. The highest BCUT2D eigenvalue weighted by Crippen LogP contribution is 2.37. The number of aromatic nitrogens is 1. The lowest BCUT2D eigenvalue weighted by molar-refractivity contribution is -0.140. The molecule has 3 rings (SSSR count). The van der Waals surface area contributed by atoms with Crippen LogP contribution in [0.2, 0.25) is 0 Å². The van der Waals surface area contributed by atoms with Gasteiger partial charge in [0.2, 0.25) is 0 Å². The van der Waals surface area contributed by atoms with E-state index in [0.29, 0.717) is 4.88 Å². The number of H-pyrrole nitrogens is 1. The van der Waals surface area contributed by atoms with Gasteiger partial charge in [0.1, 0.15) is 11.8 Å². The zero-order valence-corrected chi connectivity index (χ0v) is 10.8. The quantitative estimate of drug-likeness (QED) is 0.688. The molecule has 0 spiro atoms. The van der Waals surface area contributed by atoms with E-state index in [1.165, 1.54) is 11.3 Å². The first-order valence-corrected chi connectivity index (χ1v) is 6.50. The Morgan fingerprint density at radius 1 is 1.15 bits per heavy atom. The van der Waals surface area contributed by atoms with Crippen molar-refractivity contribution in [2.24, 2.45) is 0 Å². The summed E-state index contributed by atoms with van der Waals surface area (Å²) in [5, 5.41) is 9.94. The van der Waals surface area contributed by atoms with Crippen LogP contribution in [-0.2, 0) is 6.18 Å². The van der Waals surface area contributed by atoms with E-state index >= 15 is 0 Å². The molecule has 0 bridgehead atoms. The number of aromatic amines is 1. The van der Waals surface area contributed by atoms with Gasteiger partial charge in [0.15, 0.2) is 0 Å².